The summed E-state index contributed by atoms with van der Waals surface area (Å²) in [6.45, 7) is 1.09. The van der Waals surface area contributed by atoms with Gasteiger partial charge in [0, 0.05) is 20.0 Å². The second-order valence-electron chi connectivity index (χ2n) is 6.95. The minimum atomic E-state index is -3.24. The molecule has 1 heterocycles. The van der Waals surface area contributed by atoms with Crippen LogP contribution in [-0.2, 0) is 29.5 Å². The summed E-state index contributed by atoms with van der Waals surface area (Å²) in [6.07, 6.45) is 4.42. The molecule has 3 rings (SSSR count). The number of carbonyl (C=O) groups excluding carboxylic acids is 1. The molecule has 0 radical (unpaired) electrons. The topological polar surface area (TPSA) is 81.7 Å². The van der Waals surface area contributed by atoms with Crippen molar-refractivity contribution in [2.45, 2.75) is 48.1 Å². The van der Waals surface area contributed by atoms with Crippen molar-refractivity contribution in [3.63, 3.8) is 0 Å². The highest BCUT2D eigenvalue weighted by Crippen LogP contribution is 2.44. The lowest BCUT2D eigenvalue weighted by Gasteiger charge is -2.43. The third-order valence-electron chi connectivity index (χ3n) is 5.39. The molecule has 1 saturated carbocycles. The second kappa shape index (κ2) is 7.05. The monoisotopic (exact) mass is 367 g/mol. The summed E-state index contributed by atoms with van der Waals surface area (Å²) in [5.41, 5.74) is 0.292. The number of benzene rings is 1. The van der Waals surface area contributed by atoms with Crippen LogP contribution in [0.15, 0.2) is 29.2 Å². The van der Waals surface area contributed by atoms with Crippen molar-refractivity contribution < 1.29 is 22.7 Å². The van der Waals surface area contributed by atoms with Gasteiger partial charge in [0.1, 0.15) is 0 Å². The number of hydrogen-bond donors (Lipinski definition) is 1. The Hall–Kier alpha value is -1.44. The zero-order valence-corrected chi connectivity index (χ0v) is 15.5. The number of ether oxygens (including phenoxy) is 2. The first-order valence-corrected chi connectivity index (χ1v) is 10.5. The number of rotatable bonds is 5. The van der Waals surface area contributed by atoms with Gasteiger partial charge in [-0.15, -0.1) is 0 Å². The molecule has 2 atom stereocenters. The molecule has 7 heteroatoms. The van der Waals surface area contributed by atoms with Crippen molar-refractivity contribution in [2.24, 2.45) is 0 Å². The molecule has 1 saturated heterocycles. The fraction of sp³-hybridized carbons (Fsp3) is 0.611. The minimum Gasteiger partial charge on any atom is -0.379 e. The first-order chi connectivity index (χ1) is 11.9. The van der Waals surface area contributed by atoms with Crippen molar-refractivity contribution in [2.75, 3.05) is 26.6 Å². The van der Waals surface area contributed by atoms with Gasteiger partial charge in [-0.2, -0.15) is 0 Å². The van der Waals surface area contributed by atoms with Gasteiger partial charge in [-0.05, 0) is 37.0 Å². The first kappa shape index (κ1) is 18.4. The molecule has 1 aliphatic carbocycles. The van der Waals surface area contributed by atoms with Gasteiger partial charge >= 0.3 is 0 Å². The van der Waals surface area contributed by atoms with E-state index in [4.69, 9.17) is 9.47 Å². The van der Waals surface area contributed by atoms with Gasteiger partial charge in [-0.25, -0.2) is 8.42 Å². The number of sulfone groups is 1. The first-order valence-electron chi connectivity index (χ1n) is 8.59. The quantitative estimate of drug-likeness (QED) is 0.851. The molecule has 0 spiro atoms. The molecule has 1 amide bonds. The third kappa shape index (κ3) is 3.59. The lowest BCUT2D eigenvalue weighted by molar-refractivity contribution is -0.134. The molecular weight excluding hydrogens is 342 g/mol. The largest absolute Gasteiger partial charge is 0.379 e. The molecule has 1 aromatic carbocycles. The number of hydrogen-bond acceptors (Lipinski definition) is 5. The average molecular weight is 367 g/mol. The molecule has 1 aliphatic heterocycles. The van der Waals surface area contributed by atoms with Crippen LogP contribution in [0.4, 0.5) is 0 Å². The molecule has 2 aliphatic rings. The SMILES string of the molecule is CO[C@@H]1CCOC[C@H]1NC(=O)C1(c2ccc(S(C)(=O)=O)cc2)CCC1. The highest BCUT2D eigenvalue weighted by atomic mass is 32.2. The third-order valence-corrected chi connectivity index (χ3v) is 6.52. The maximum atomic E-state index is 13.0. The van der Waals surface area contributed by atoms with Crippen molar-refractivity contribution in [3.8, 4) is 0 Å². The van der Waals surface area contributed by atoms with Crippen LogP contribution in [0.1, 0.15) is 31.2 Å². The highest BCUT2D eigenvalue weighted by molar-refractivity contribution is 7.90. The smallest absolute Gasteiger partial charge is 0.231 e. The van der Waals surface area contributed by atoms with E-state index in [0.717, 1.165) is 31.2 Å². The van der Waals surface area contributed by atoms with E-state index in [1.807, 2.05) is 0 Å². The van der Waals surface area contributed by atoms with Crippen molar-refractivity contribution in [3.05, 3.63) is 29.8 Å². The van der Waals surface area contributed by atoms with E-state index in [0.29, 0.717) is 13.2 Å². The molecule has 1 aromatic rings. The Morgan fingerprint density at radius 1 is 1.28 bits per heavy atom. The van der Waals surface area contributed by atoms with E-state index in [2.05, 4.69) is 5.32 Å². The number of methoxy groups -OCH3 is 1. The van der Waals surface area contributed by atoms with Crippen LogP contribution in [0, 0.1) is 0 Å². The van der Waals surface area contributed by atoms with Crippen LogP contribution in [0.25, 0.3) is 0 Å². The Morgan fingerprint density at radius 3 is 2.48 bits per heavy atom. The minimum absolute atomic E-state index is 0.0246. The van der Waals surface area contributed by atoms with Crippen molar-refractivity contribution >= 4 is 15.7 Å². The van der Waals surface area contributed by atoms with Crippen LogP contribution in [0.3, 0.4) is 0 Å². The molecule has 138 valence electrons. The summed E-state index contributed by atoms with van der Waals surface area (Å²) in [7, 11) is -1.59. The maximum absolute atomic E-state index is 13.0. The molecule has 6 nitrogen and oxygen atoms in total. The summed E-state index contributed by atoms with van der Waals surface area (Å²) in [5, 5.41) is 3.10. The molecule has 0 bridgehead atoms. The number of amides is 1. The Kier molecular flexibility index (Phi) is 5.18. The molecule has 0 aromatic heterocycles. The average Bonchev–Trinajstić information content (AvgIpc) is 2.54. The Labute approximate surface area is 148 Å². The van der Waals surface area contributed by atoms with Gasteiger partial charge in [-0.3, -0.25) is 4.79 Å². The fourth-order valence-corrected chi connectivity index (χ4v) is 4.27. The van der Waals surface area contributed by atoms with E-state index < -0.39 is 15.3 Å². The van der Waals surface area contributed by atoms with E-state index in [9.17, 15) is 13.2 Å². The highest BCUT2D eigenvalue weighted by Gasteiger charge is 2.46. The number of nitrogens with one attached hydrogen (secondary N) is 1. The normalized spacial score (nSPS) is 25.8. The molecule has 0 unspecified atom stereocenters. The van der Waals surface area contributed by atoms with Gasteiger partial charge < -0.3 is 14.8 Å². The predicted molar refractivity (Wildman–Crippen MR) is 93.2 cm³/mol. The van der Waals surface area contributed by atoms with Gasteiger partial charge in [0.25, 0.3) is 0 Å². The predicted octanol–water partition coefficient (Wildman–Crippen LogP) is 1.43. The van der Waals surface area contributed by atoms with E-state index in [-0.39, 0.29) is 22.9 Å². The van der Waals surface area contributed by atoms with E-state index >= 15 is 0 Å². The summed E-state index contributed by atoms with van der Waals surface area (Å²) >= 11 is 0. The Balaban J connectivity index is 1.79. The lowest BCUT2D eigenvalue weighted by atomic mass is 9.63. The summed E-state index contributed by atoms with van der Waals surface area (Å²) in [5.74, 6) is -0.0246. The van der Waals surface area contributed by atoms with Crippen molar-refractivity contribution in [1.82, 2.24) is 5.32 Å². The molecular formula is C18H25NO5S. The number of carbonyl (C=O) groups is 1. The Morgan fingerprint density at radius 2 is 1.96 bits per heavy atom. The maximum Gasteiger partial charge on any atom is 0.231 e. The van der Waals surface area contributed by atoms with Gasteiger partial charge in [0.15, 0.2) is 9.84 Å². The molecule has 25 heavy (non-hydrogen) atoms. The zero-order chi connectivity index (χ0) is 18.1. The van der Waals surface area contributed by atoms with Crippen LogP contribution in [0.5, 0.6) is 0 Å². The Bertz CT molecular complexity index is 724. The van der Waals surface area contributed by atoms with Crippen LogP contribution in [0.2, 0.25) is 0 Å². The van der Waals surface area contributed by atoms with Crippen LogP contribution in [-0.4, -0.2) is 53.1 Å². The van der Waals surface area contributed by atoms with Gasteiger partial charge in [0.2, 0.25) is 5.91 Å². The second-order valence-corrected chi connectivity index (χ2v) is 8.97. The molecule has 1 N–H and O–H groups in total. The lowest BCUT2D eigenvalue weighted by Crippen LogP contribution is -2.57. The van der Waals surface area contributed by atoms with E-state index in [1.165, 1.54) is 6.26 Å². The molecule has 2 fully saturated rings. The van der Waals surface area contributed by atoms with Crippen molar-refractivity contribution in [1.29, 1.82) is 0 Å². The van der Waals surface area contributed by atoms with Crippen LogP contribution >= 0.6 is 0 Å². The van der Waals surface area contributed by atoms with Crippen LogP contribution < -0.4 is 5.32 Å². The summed E-state index contributed by atoms with van der Waals surface area (Å²) in [4.78, 5) is 13.3. The zero-order valence-electron chi connectivity index (χ0n) is 14.7. The van der Waals surface area contributed by atoms with Gasteiger partial charge in [-0.1, -0.05) is 18.6 Å². The van der Waals surface area contributed by atoms with E-state index in [1.54, 1.807) is 31.4 Å². The fourth-order valence-electron chi connectivity index (χ4n) is 3.64. The summed E-state index contributed by atoms with van der Waals surface area (Å²) in [6, 6.07) is 6.54. The van der Waals surface area contributed by atoms with Gasteiger partial charge in [0.05, 0.1) is 29.1 Å². The standard InChI is InChI=1S/C18H25NO5S/c1-23-16-8-11-24-12-15(16)19-17(20)18(9-3-10-18)13-4-6-14(7-5-13)25(2,21)22/h4-7,15-16H,3,8-12H2,1-2H3,(H,19,20)/t15-,16-/m1/s1. The summed E-state index contributed by atoms with van der Waals surface area (Å²) < 4.78 is 34.2.